The maximum absolute atomic E-state index is 12.1. The third-order valence-corrected chi connectivity index (χ3v) is 5.09. The monoisotopic (exact) mass is 340 g/mol. The lowest BCUT2D eigenvalue weighted by atomic mass is 10.1. The molecule has 6 nitrogen and oxygen atoms in total. The van der Waals surface area contributed by atoms with Crippen LogP contribution in [0.2, 0.25) is 0 Å². The van der Waals surface area contributed by atoms with Crippen molar-refractivity contribution in [2.75, 3.05) is 13.2 Å². The number of ether oxygens (including phenoxy) is 1. The number of carbonyl (C=O) groups excluding carboxylic acids is 1. The van der Waals surface area contributed by atoms with Gasteiger partial charge in [-0.15, -0.1) is 0 Å². The number of rotatable bonds is 7. The van der Waals surface area contributed by atoms with Crippen LogP contribution in [0.3, 0.4) is 0 Å². The second kappa shape index (κ2) is 8.42. The van der Waals surface area contributed by atoms with Gasteiger partial charge < -0.3 is 4.74 Å². The molecular weight excluding hydrogens is 316 g/mol. The first kappa shape index (κ1) is 17.9. The first-order valence-corrected chi connectivity index (χ1v) is 9.49. The number of hydrogen-bond donors (Lipinski definition) is 1. The molecule has 0 amide bonds. The Balaban J connectivity index is 1.73. The summed E-state index contributed by atoms with van der Waals surface area (Å²) in [4.78, 5) is 12.1. The zero-order valence-electron chi connectivity index (χ0n) is 13.2. The number of aryl methyl sites for hydroxylation is 1. The van der Waals surface area contributed by atoms with Gasteiger partial charge in [-0.25, -0.2) is 5.14 Å². The second-order valence-electron chi connectivity index (χ2n) is 5.78. The number of hydrogen-bond acceptors (Lipinski definition) is 4. The number of benzene rings is 1. The van der Waals surface area contributed by atoms with Crippen LogP contribution in [0.15, 0.2) is 30.3 Å². The van der Waals surface area contributed by atoms with Gasteiger partial charge >= 0.3 is 5.97 Å². The van der Waals surface area contributed by atoms with E-state index in [1.54, 1.807) is 0 Å². The standard InChI is InChI=1S/C16H24N2O4S/c17-23(20,21)18-12-6-4-11-15(18)16(19)22-13-7-5-10-14-8-2-1-3-9-14/h1-3,8-9,15H,4-7,10-13H2,(H2,17,20,21). The minimum Gasteiger partial charge on any atom is -0.464 e. The third kappa shape index (κ3) is 5.60. The van der Waals surface area contributed by atoms with Crippen LogP contribution in [0, 0.1) is 0 Å². The van der Waals surface area contributed by atoms with E-state index in [-0.39, 0.29) is 6.54 Å². The molecule has 2 rings (SSSR count). The maximum atomic E-state index is 12.1. The van der Waals surface area contributed by atoms with Crippen LogP contribution < -0.4 is 5.14 Å². The Morgan fingerprint density at radius 1 is 1.22 bits per heavy atom. The summed E-state index contributed by atoms with van der Waals surface area (Å²) < 4.78 is 29.4. The molecule has 1 aliphatic rings. The summed E-state index contributed by atoms with van der Waals surface area (Å²) >= 11 is 0. The van der Waals surface area contributed by atoms with Gasteiger partial charge in [-0.1, -0.05) is 30.3 Å². The Morgan fingerprint density at radius 3 is 2.65 bits per heavy atom. The van der Waals surface area contributed by atoms with E-state index < -0.39 is 22.2 Å². The maximum Gasteiger partial charge on any atom is 0.324 e. The minimum absolute atomic E-state index is 0.284. The number of esters is 1. The molecule has 0 saturated carbocycles. The van der Waals surface area contributed by atoms with Gasteiger partial charge in [-0.2, -0.15) is 12.7 Å². The number of carbonyl (C=O) groups is 1. The van der Waals surface area contributed by atoms with Crippen LogP contribution in [0.4, 0.5) is 0 Å². The van der Waals surface area contributed by atoms with Crippen molar-refractivity contribution in [1.82, 2.24) is 4.31 Å². The van der Waals surface area contributed by atoms with Crippen LogP contribution in [0.25, 0.3) is 0 Å². The van der Waals surface area contributed by atoms with Crippen LogP contribution in [-0.4, -0.2) is 37.9 Å². The summed E-state index contributed by atoms with van der Waals surface area (Å²) in [6.07, 6.45) is 4.60. The minimum atomic E-state index is -3.86. The van der Waals surface area contributed by atoms with Crippen LogP contribution in [0.5, 0.6) is 0 Å². The van der Waals surface area contributed by atoms with Crippen molar-refractivity contribution in [3.8, 4) is 0 Å². The smallest absolute Gasteiger partial charge is 0.324 e. The van der Waals surface area contributed by atoms with E-state index in [2.05, 4.69) is 12.1 Å². The van der Waals surface area contributed by atoms with E-state index in [1.165, 1.54) is 5.56 Å². The van der Waals surface area contributed by atoms with E-state index in [1.807, 2.05) is 18.2 Å². The molecule has 0 aliphatic carbocycles. The molecule has 128 valence electrons. The van der Waals surface area contributed by atoms with E-state index in [0.29, 0.717) is 13.0 Å². The number of unbranched alkanes of at least 4 members (excludes halogenated alkanes) is 1. The quantitative estimate of drug-likeness (QED) is 0.603. The molecule has 2 N–H and O–H groups in total. The lowest BCUT2D eigenvalue weighted by molar-refractivity contribution is -0.149. The largest absolute Gasteiger partial charge is 0.464 e. The van der Waals surface area contributed by atoms with E-state index in [4.69, 9.17) is 9.88 Å². The Kier molecular flexibility index (Phi) is 6.56. The molecule has 0 bridgehead atoms. The summed E-state index contributed by atoms with van der Waals surface area (Å²) in [5.41, 5.74) is 1.26. The second-order valence-corrected chi connectivity index (χ2v) is 7.28. The molecule has 1 heterocycles. The van der Waals surface area contributed by atoms with Crippen LogP contribution >= 0.6 is 0 Å². The van der Waals surface area contributed by atoms with E-state index in [0.717, 1.165) is 36.4 Å². The van der Waals surface area contributed by atoms with Gasteiger partial charge in [0, 0.05) is 6.54 Å². The van der Waals surface area contributed by atoms with Crippen molar-refractivity contribution >= 4 is 16.2 Å². The molecule has 1 fully saturated rings. The molecule has 0 aromatic heterocycles. The summed E-state index contributed by atoms with van der Waals surface area (Å²) in [5, 5.41) is 5.17. The average molecular weight is 340 g/mol. The fraction of sp³-hybridized carbons (Fsp3) is 0.562. The molecule has 23 heavy (non-hydrogen) atoms. The highest BCUT2D eigenvalue weighted by Gasteiger charge is 2.35. The molecule has 1 atom stereocenters. The molecule has 1 saturated heterocycles. The number of nitrogens with two attached hydrogens (primary N) is 1. The Bertz CT molecular complexity index is 604. The topological polar surface area (TPSA) is 89.7 Å². The van der Waals surface area contributed by atoms with Crippen molar-refractivity contribution < 1.29 is 17.9 Å². The fourth-order valence-electron chi connectivity index (χ4n) is 2.79. The van der Waals surface area contributed by atoms with E-state index >= 15 is 0 Å². The molecule has 0 spiro atoms. The summed E-state index contributed by atoms with van der Waals surface area (Å²) in [6.45, 7) is 0.591. The van der Waals surface area contributed by atoms with Crippen molar-refractivity contribution in [2.45, 2.75) is 44.6 Å². The zero-order valence-corrected chi connectivity index (χ0v) is 14.0. The van der Waals surface area contributed by atoms with Crippen molar-refractivity contribution in [3.63, 3.8) is 0 Å². The van der Waals surface area contributed by atoms with Gasteiger partial charge in [0.15, 0.2) is 0 Å². The van der Waals surface area contributed by atoms with Crippen LogP contribution in [-0.2, 0) is 26.2 Å². The summed E-state index contributed by atoms with van der Waals surface area (Å²) in [5.74, 6) is -0.488. The SMILES string of the molecule is NS(=O)(=O)N1CCCCC1C(=O)OCCCCc1ccccc1. The van der Waals surface area contributed by atoms with Crippen LogP contribution in [0.1, 0.15) is 37.7 Å². The first-order chi connectivity index (χ1) is 11.0. The molecule has 0 radical (unpaired) electrons. The highest BCUT2D eigenvalue weighted by Crippen LogP contribution is 2.20. The highest BCUT2D eigenvalue weighted by atomic mass is 32.2. The van der Waals surface area contributed by atoms with Gasteiger partial charge in [-0.3, -0.25) is 4.79 Å². The highest BCUT2D eigenvalue weighted by molar-refractivity contribution is 7.86. The van der Waals surface area contributed by atoms with Crippen molar-refractivity contribution in [2.24, 2.45) is 5.14 Å². The summed E-state index contributed by atoms with van der Waals surface area (Å²) in [7, 11) is -3.86. The Morgan fingerprint density at radius 2 is 1.96 bits per heavy atom. The average Bonchev–Trinajstić information content (AvgIpc) is 2.54. The van der Waals surface area contributed by atoms with Gasteiger partial charge in [-0.05, 0) is 44.1 Å². The predicted octanol–water partition coefficient (Wildman–Crippen LogP) is 1.61. The summed E-state index contributed by atoms with van der Waals surface area (Å²) in [6, 6.07) is 9.34. The molecule has 7 heteroatoms. The molecular formula is C16H24N2O4S. The fourth-order valence-corrected chi connectivity index (χ4v) is 3.72. The lowest BCUT2D eigenvalue weighted by Crippen LogP contribution is -2.51. The van der Waals surface area contributed by atoms with Crippen molar-refractivity contribution in [3.05, 3.63) is 35.9 Å². The van der Waals surface area contributed by atoms with Gasteiger partial charge in [0.25, 0.3) is 10.2 Å². The Labute approximate surface area is 137 Å². The molecule has 1 unspecified atom stereocenters. The zero-order chi connectivity index (χ0) is 16.7. The molecule has 1 aromatic rings. The Hall–Kier alpha value is -1.44. The normalized spacial score (nSPS) is 19.4. The number of piperidine rings is 1. The predicted molar refractivity (Wildman–Crippen MR) is 87.8 cm³/mol. The molecule has 1 aliphatic heterocycles. The van der Waals surface area contributed by atoms with Crippen molar-refractivity contribution in [1.29, 1.82) is 0 Å². The number of nitrogens with zero attached hydrogens (tertiary/aromatic N) is 1. The van der Waals surface area contributed by atoms with Gasteiger partial charge in [0.2, 0.25) is 0 Å². The first-order valence-electron chi connectivity index (χ1n) is 7.98. The lowest BCUT2D eigenvalue weighted by Gasteiger charge is -2.31. The third-order valence-electron chi connectivity index (χ3n) is 4.00. The van der Waals surface area contributed by atoms with Gasteiger partial charge in [0.05, 0.1) is 6.61 Å². The van der Waals surface area contributed by atoms with Gasteiger partial charge in [0.1, 0.15) is 6.04 Å². The van der Waals surface area contributed by atoms with E-state index in [9.17, 15) is 13.2 Å². The molecule has 1 aromatic carbocycles.